The Morgan fingerprint density at radius 3 is 2.36 bits per heavy atom. The van der Waals surface area contributed by atoms with E-state index in [1.807, 2.05) is 0 Å². The monoisotopic (exact) mass is 488 g/mol. The number of cyclic esters (lactones) is 1. The molecule has 0 bridgehead atoms. The van der Waals surface area contributed by atoms with Gasteiger partial charge in [0.1, 0.15) is 5.56 Å². The van der Waals surface area contributed by atoms with Crippen LogP contribution in [-0.2, 0) is 9.53 Å². The number of para-hydroxylation sites is 1. The van der Waals surface area contributed by atoms with Gasteiger partial charge in [-0.3, -0.25) is 4.79 Å². The van der Waals surface area contributed by atoms with Gasteiger partial charge < -0.3 is 23.7 Å². The van der Waals surface area contributed by atoms with Crippen LogP contribution in [-0.4, -0.2) is 49.6 Å². The maximum Gasteiger partial charge on any atom is 0.344 e. The highest BCUT2D eigenvalue weighted by Gasteiger charge is 2.40. The molecule has 9 nitrogen and oxygen atoms in total. The first-order valence-corrected chi connectivity index (χ1v) is 10.9. The first-order valence-electron chi connectivity index (χ1n) is 9.64. The first kappa shape index (κ1) is 22.9. The number of carbonyl (C=O) groups is 2. The van der Waals surface area contributed by atoms with Crippen molar-refractivity contribution in [2.24, 2.45) is 0 Å². The number of thiocarbonyl (C=S) groups is 1. The lowest BCUT2D eigenvalue weighted by atomic mass is 10.1. The quantitative estimate of drug-likeness (QED) is 0.355. The Balaban J connectivity index is 1.61. The molecule has 0 saturated carbocycles. The number of fused-ring (bicyclic) bond motifs is 1. The van der Waals surface area contributed by atoms with Crippen LogP contribution in [0.1, 0.15) is 27.7 Å². The van der Waals surface area contributed by atoms with E-state index in [-0.39, 0.29) is 21.5 Å². The number of carbonyl (C=O) groups excluding carboxylic acids is 2. The second-order valence-electron chi connectivity index (χ2n) is 6.78. The average molecular weight is 489 g/mol. The number of hydrogen-bond acceptors (Lipinski definition) is 10. The number of hydrazine groups is 1. The second-order valence-corrected chi connectivity index (χ2v) is 8.46. The molecular formula is C22H20N2O7S2. The number of nitrogens with one attached hydrogen (secondary N) is 1. The van der Waals surface area contributed by atoms with Crippen molar-refractivity contribution in [3.8, 4) is 23.0 Å². The molecule has 1 N–H and O–H groups in total. The summed E-state index contributed by atoms with van der Waals surface area (Å²) in [6, 6.07) is 8.69. The van der Waals surface area contributed by atoms with Gasteiger partial charge in [-0.25, -0.2) is 9.80 Å². The molecule has 2 aliphatic heterocycles. The van der Waals surface area contributed by atoms with Crippen molar-refractivity contribution in [2.75, 3.05) is 28.4 Å². The Hall–Kier alpha value is -3.28. The number of esters is 1. The number of thioether (sulfide) groups is 1. The van der Waals surface area contributed by atoms with Crippen molar-refractivity contribution in [3.05, 3.63) is 51.9 Å². The minimum Gasteiger partial charge on any atom is -0.493 e. The van der Waals surface area contributed by atoms with Crippen LogP contribution >= 0.6 is 24.0 Å². The maximum atomic E-state index is 13.1. The second kappa shape index (κ2) is 9.30. The summed E-state index contributed by atoms with van der Waals surface area (Å²) in [4.78, 5) is 26.0. The molecule has 33 heavy (non-hydrogen) atoms. The van der Waals surface area contributed by atoms with E-state index < -0.39 is 12.2 Å². The van der Waals surface area contributed by atoms with Crippen molar-refractivity contribution in [1.29, 1.82) is 0 Å². The third-order valence-corrected chi connectivity index (χ3v) is 6.35. The summed E-state index contributed by atoms with van der Waals surface area (Å²) in [5, 5.41) is 1.18. The summed E-state index contributed by atoms with van der Waals surface area (Å²) in [5.74, 6) is 0.714. The topological polar surface area (TPSA) is 95.6 Å². The maximum absolute atomic E-state index is 13.1. The van der Waals surface area contributed by atoms with Crippen LogP contribution in [0.4, 0.5) is 0 Å². The molecule has 1 unspecified atom stereocenters. The molecule has 172 valence electrons. The van der Waals surface area contributed by atoms with Gasteiger partial charge in [-0.2, -0.15) is 5.43 Å². The summed E-state index contributed by atoms with van der Waals surface area (Å²) in [5.41, 5.74) is 4.30. The zero-order valence-electron chi connectivity index (χ0n) is 18.2. The molecule has 0 spiro atoms. The molecule has 0 aliphatic carbocycles. The zero-order valence-corrected chi connectivity index (χ0v) is 19.8. The van der Waals surface area contributed by atoms with E-state index in [0.717, 1.165) is 11.8 Å². The SMILES string of the molecule is COc1cccc(/C=C2\SC(=S)N(NC3OC(=O)c4c3ccc(OC)c4OC)C2=O)c1OC. The Labute approximate surface area is 199 Å². The normalized spacial score (nSPS) is 18.4. The molecule has 11 heteroatoms. The van der Waals surface area contributed by atoms with Crippen molar-refractivity contribution in [2.45, 2.75) is 6.23 Å². The lowest BCUT2D eigenvalue weighted by Gasteiger charge is -2.21. The van der Waals surface area contributed by atoms with Crippen LogP contribution in [0.2, 0.25) is 0 Å². The number of amides is 1. The standard InChI is InChI=1S/C22H20N2O7S2/c1-27-13-7-5-6-11(17(13)29-3)10-15-20(25)24(22(32)33-15)23-19-12-8-9-14(28-2)18(30-4)16(12)21(26)31-19/h5-10,19,23H,1-4H3/b15-10-. The fraction of sp³-hybridized carbons (Fsp3) is 0.227. The Kier molecular flexibility index (Phi) is 6.45. The lowest BCUT2D eigenvalue weighted by molar-refractivity contribution is -0.126. The van der Waals surface area contributed by atoms with Gasteiger partial charge in [-0.05, 0) is 24.3 Å². The molecule has 2 heterocycles. The third kappa shape index (κ3) is 3.99. The highest BCUT2D eigenvalue weighted by Crippen LogP contribution is 2.42. The smallest absolute Gasteiger partial charge is 0.344 e. The van der Waals surface area contributed by atoms with Crippen LogP contribution in [0.3, 0.4) is 0 Å². The summed E-state index contributed by atoms with van der Waals surface area (Å²) in [7, 11) is 5.98. The highest BCUT2D eigenvalue weighted by molar-refractivity contribution is 8.26. The van der Waals surface area contributed by atoms with Gasteiger partial charge in [-0.1, -0.05) is 36.1 Å². The average Bonchev–Trinajstić information content (AvgIpc) is 3.28. The van der Waals surface area contributed by atoms with E-state index in [0.29, 0.717) is 33.3 Å². The predicted molar refractivity (Wildman–Crippen MR) is 125 cm³/mol. The van der Waals surface area contributed by atoms with Crippen molar-refractivity contribution < 1.29 is 33.3 Å². The molecule has 1 atom stereocenters. The van der Waals surface area contributed by atoms with Crippen LogP contribution in [0.15, 0.2) is 35.2 Å². The minimum atomic E-state index is -0.930. The number of methoxy groups -OCH3 is 4. The van der Waals surface area contributed by atoms with Gasteiger partial charge in [-0.15, -0.1) is 0 Å². The van der Waals surface area contributed by atoms with Gasteiger partial charge in [0.25, 0.3) is 5.91 Å². The molecule has 1 amide bonds. The van der Waals surface area contributed by atoms with E-state index in [2.05, 4.69) is 5.43 Å². The van der Waals surface area contributed by atoms with Crippen LogP contribution in [0.25, 0.3) is 6.08 Å². The zero-order chi connectivity index (χ0) is 23.7. The number of rotatable bonds is 7. The number of benzene rings is 2. The Bertz CT molecular complexity index is 1180. The van der Waals surface area contributed by atoms with Gasteiger partial charge in [0, 0.05) is 11.1 Å². The van der Waals surface area contributed by atoms with Gasteiger partial charge >= 0.3 is 5.97 Å². The largest absolute Gasteiger partial charge is 0.493 e. The minimum absolute atomic E-state index is 0.233. The fourth-order valence-electron chi connectivity index (χ4n) is 3.56. The predicted octanol–water partition coefficient (Wildman–Crippen LogP) is 3.30. The molecule has 1 fully saturated rings. The van der Waals surface area contributed by atoms with Gasteiger partial charge in [0.05, 0.1) is 33.3 Å². The summed E-state index contributed by atoms with van der Waals surface area (Å²) in [6.07, 6.45) is 0.741. The van der Waals surface area contributed by atoms with Gasteiger partial charge in [0.2, 0.25) is 0 Å². The van der Waals surface area contributed by atoms with Crippen LogP contribution < -0.4 is 24.4 Å². The highest BCUT2D eigenvalue weighted by atomic mass is 32.2. The number of ether oxygens (including phenoxy) is 5. The van der Waals surface area contributed by atoms with Crippen LogP contribution in [0, 0.1) is 0 Å². The molecule has 0 radical (unpaired) electrons. The molecule has 2 aliphatic rings. The Morgan fingerprint density at radius 2 is 1.70 bits per heavy atom. The van der Waals surface area contributed by atoms with E-state index >= 15 is 0 Å². The first-order chi connectivity index (χ1) is 15.9. The summed E-state index contributed by atoms with van der Waals surface area (Å²) < 4.78 is 27.0. The number of hydrogen-bond donors (Lipinski definition) is 1. The molecule has 4 rings (SSSR count). The van der Waals surface area contributed by atoms with E-state index in [9.17, 15) is 9.59 Å². The van der Waals surface area contributed by atoms with Crippen LogP contribution in [0.5, 0.6) is 23.0 Å². The van der Waals surface area contributed by atoms with Gasteiger partial charge in [0.15, 0.2) is 33.5 Å². The summed E-state index contributed by atoms with van der Waals surface area (Å²) in [6.45, 7) is 0. The molecule has 1 saturated heterocycles. The van der Waals surface area contributed by atoms with E-state index in [4.69, 9.17) is 35.9 Å². The van der Waals surface area contributed by atoms with Crippen molar-refractivity contribution >= 4 is 46.3 Å². The lowest BCUT2D eigenvalue weighted by Crippen LogP contribution is -2.43. The number of nitrogens with zero attached hydrogens (tertiary/aromatic N) is 1. The third-order valence-electron chi connectivity index (χ3n) is 5.05. The molecule has 2 aromatic rings. The molecule has 0 aromatic heterocycles. The fourth-order valence-corrected chi connectivity index (χ4v) is 4.74. The van der Waals surface area contributed by atoms with Crippen molar-refractivity contribution in [3.63, 3.8) is 0 Å². The molecular weight excluding hydrogens is 468 g/mol. The summed E-state index contributed by atoms with van der Waals surface area (Å²) >= 11 is 6.51. The van der Waals surface area contributed by atoms with E-state index in [1.54, 1.807) is 36.4 Å². The van der Waals surface area contributed by atoms with E-state index in [1.165, 1.54) is 33.4 Å². The Morgan fingerprint density at radius 1 is 1.00 bits per heavy atom. The molecule has 2 aromatic carbocycles. The van der Waals surface area contributed by atoms with Crippen molar-refractivity contribution in [1.82, 2.24) is 10.4 Å².